The second kappa shape index (κ2) is 7.49. The Kier molecular flexibility index (Phi) is 5.85. The van der Waals surface area contributed by atoms with Crippen LogP contribution in [-0.4, -0.2) is 31.2 Å². The number of rotatable bonds is 7. The molecule has 1 aromatic rings. The number of anilines is 1. The molecule has 1 N–H and O–H groups in total. The molecule has 0 amide bonds. The minimum atomic E-state index is -0.246. The number of carbonyl (C=O) groups excluding carboxylic acids is 1. The molecular weight excluding hydrogens is 220 g/mol. The average molecular weight is 238 g/mol. The van der Waals surface area contributed by atoms with Gasteiger partial charge in [0, 0.05) is 12.7 Å². The Labute approximate surface area is 101 Å². The fourth-order valence-corrected chi connectivity index (χ4v) is 1.24. The van der Waals surface area contributed by atoms with E-state index in [9.17, 15) is 4.79 Å². The lowest BCUT2D eigenvalue weighted by Crippen LogP contribution is -2.11. The van der Waals surface area contributed by atoms with Crippen LogP contribution in [0.3, 0.4) is 0 Å². The van der Waals surface area contributed by atoms with Gasteiger partial charge in [0.05, 0.1) is 20.1 Å². The van der Waals surface area contributed by atoms with Crippen LogP contribution in [0.5, 0.6) is 5.75 Å². The lowest BCUT2D eigenvalue weighted by molar-refractivity contribution is -0.140. The number of pyridine rings is 1. The van der Waals surface area contributed by atoms with Crippen LogP contribution in [0.4, 0.5) is 5.82 Å². The maximum absolute atomic E-state index is 10.9. The summed E-state index contributed by atoms with van der Waals surface area (Å²) in [6, 6.07) is 3.67. The average Bonchev–Trinajstić information content (AvgIpc) is 2.37. The summed E-state index contributed by atoms with van der Waals surface area (Å²) in [5.74, 6) is 1.12. The quantitative estimate of drug-likeness (QED) is 0.734. The zero-order valence-electron chi connectivity index (χ0n) is 10.2. The molecule has 17 heavy (non-hydrogen) atoms. The largest absolute Gasteiger partial charge is 0.490 e. The van der Waals surface area contributed by atoms with Gasteiger partial charge in [0.1, 0.15) is 0 Å². The molecule has 0 unspecified atom stereocenters. The van der Waals surface area contributed by atoms with Gasteiger partial charge in [-0.05, 0) is 18.6 Å². The molecule has 0 bridgehead atoms. The number of hydrogen-bond acceptors (Lipinski definition) is 5. The van der Waals surface area contributed by atoms with Gasteiger partial charge >= 0.3 is 5.97 Å². The normalized spacial score (nSPS) is 9.76. The first-order valence-corrected chi connectivity index (χ1v) is 5.66. The molecule has 1 rings (SSSR count). The summed E-state index contributed by atoms with van der Waals surface area (Å²) in [5, 5.41) is 3.05. The molecule has 0 radical (unpaired) electrons. The third-order valence-corrected chi connectivity index (χ3v) is 2.08. The molecule has 0 aliphatic rings. The zero-order chi connectivity index (χ0) is 12.5. The van der Waals surface area contributed by atoms with Crippen molar-refractivity contribution in [2.75, 3.05) is 25.6 Å². The Balaban J connectivity index is 2.48. The van der Waals surface area contributed by atoms with E-state index in [2.05, 4.69) is 15.0 Å². The van der Waals surface area contributed by atoms with Gasteiger partial charge in [-0.2, -0.15) is 0 Å². The smallest absolute Gasteiger partial charge is 0.307 e. The molecule has 0 aliphatic heterocycles. The number of nitrogens with zero attached hydrogens (tertiary/aromatic N) is 1. The van der Waals surface area contributed by atoms with Gasteiger partial charge in [-0.1, -0.05) is 6.92 Å². The molecule has 0 spiro atoms. The maximum atomic E-state index is 10.9. The van der Waals surface area contributed by atoms with Crippen molar-refractivity contribution in [2.24, 2.45) is 0 Å². The topological polar surface area (TPSA) is 60.5 Å². The van der Waals surface area contributed by atoms with Crippen molar-refractivity contribution in [1.82, 2.24) is 4.98 Å². The zero-order valence-corrected chi connectivity index (χ0v) is 10.2. The first kappa shape index (κ1) is 13.3. The summed E-state index contributed by atoms with van der Waals surface area (Å²) in [7, 11) is 1.37. The van der Waals surface area contributed by atoms with Gasteiger partial charge in [0.25, 0.3) is 0 Å². The highest BCUT2D eigenvalue weighted by Gasteiger charge is 2.05. The van der Waals surface area contributed by atoms with E-state index in [-0.39, 0.29) is 5.97 Å². The Morgan fingerprint density at radius 2 is 2.35 bits per heavy atom. The van der Waals surface area contributed by atoms with Crippen LogP contribution < -0.4 is 10.1 Å². The van der Waals surface area contributed by atoms with Crippen molar-refractivity contribution in [3.05, 3.63) is 18.3 Å². The van der Waals surface area contributed by atoms with E-state index in [4.69, 9.17) is 4.74 Å². The summed E-state index contributed by atoms with van der Waals surface area (Å²) >= 11 is 0. The monoisotopic (exact) mass is 238 g/mol. The van der Waals surface area contributed by atoms with Crippen molar-refractivity contribution in [2.45, 2.75) is 19.8 Å². The van der Waals surface area contributed by atoms with Gasteiger partial charge in [-0.25, -0.2) is 4.98 Å². The second-order valence-electron chi connectivity index (χ2n) is 3.45. The van der Waals surface area contributed by atoms with E-state index in [1.165, 1.54) is 7.11 Å². The van der Waals surface area contributed by atoms with Gasteiger partial charge in [0.2, 0.25) is 0 Å². The molecule has 0 fully saturated rings. The van der Waals surface area contributed by atoms with Crippen molar-refractivity contribution in [1.29, 1.82) is 0 Å². The van der Waals surface area contributed by atoms with Crippen molar-refractivity contribution >= 4 is 11.8 Å². The molecular formula is C12H18N2O3. The van der Waals surface area contributed by atoms with Crippen LogP contribution in [0.1, 0.15) is 19.8 Å². The van der Waals surface area contributed by atoms with Gasteiger partial charge in [-0.3, -0.25) is 4.79 Å². The summed E-state index contributed by atoms with van der Waals surface area (Å²) in [6.45, 7) is 3.17. The molecule has 1 heterocycles. The molecule has 0 aliphatic carbocycles. The van der Waals surface area contributed by atoms with Gasteiger partial charge < -0.3 is 14.8 Å². The highest BCUT2D eigenvalue weighted by molar-refractivity contribution is 5.69. The molecule has 0 saturated heterocycles. The first-order valence-electron chi connectivity index (χ1n) is 5.66. The highest BCUT2D eigenvalue weighted by atomic mass is 16.5. The number of esters is 1. The summed E-state index contributed by atoms with van der Waals surface area (Å²) in [5.41, 5.74) is 0. The highest BCUT2D eigenvalue weighted by Crippen LogP contribution is 2.20. The Morgan fingerprint density at radius 3 is 3.06 bits per heavy atom. The number of methoxy groups -OCH3 is 1. The molecule has 0 atom stereocenters. The minimum Gasteiger partial charge on any atom is -0.490 e. The SMILES string of the molecule is CCCOc1cccnc1NCCC(=O)OC. The fraction of sp³-hybridized carbons (Fsp3) is 0.500. The van der Waals surface area contributed by atoms with Crippen LogP contribution in [-0.2, 0) is 9.53 Å². The molecule has 0 saturated carbocycles. The van der Waals surface area contributed by atoms with Gasteiger partial charge in [-0.15, -0.1) is 0 Å². The Morgan fingerprint density at radius 1 is 1.53 bits per heavy atom. The number of hydrogen-bond donors (Lipinski definition) is 1. The third kappa shape index (κ3) is 4.72. The summed E-state index contributed by atoms with van der Waals surface area (Å²) in [4.78, 5) is 15.1. The van der Waals surface area contributed by atoms with Crippen LogP contribution in [0.2, 0.25) is 0 Å². The van der Waals surface area contributed by atoms with Crippen molar-refractivity contribution in [3.63, 3.8) is 0 Å². The number of carbonyl (C=O) groups is 1. The fourth-order valence-electron chi connectivity index (χ4n) is 1.24. The summed E-state index contributed by atoms with van der Waals surface area (Å²) in [6.07, 6.45) is 2.93. The van der Waals surface area contributed by atoms with E-state index in [0.717, 1.165) is 6.42 Å². The minimum absolute atomic E-state index is 0.246. The first-order chi connectivity index (χ1) is 8.27. The number of aromatic nitrogens is 1. The third-order valence-electron chi connectivity index (χ3n) is 2.08. The molecule has 1 aromatic heterocycles. The lowest BCUT2D eigenvalue weighted by Gasteiger charge is -2.10. The predicted octanol–water partition coefficient (Wildman–Crippen LogP) is 1.85. The van der Waals surface area contributed by atoms with Crippen molar-refractivity contribution in [3.8, 4) is 5.75 Å². The van der Waals surface area contributed by atoms with Crippen LogP contribution >= 0.6 is 0 Å². The Hall–Kier alpha value is -1.78. The van der Waals surface area contributed by atoms with E-state index in [0.29, 0.717) is 31.1 Å². The van der Waals surface area contributed by atoms with E-state index in [1.807, 2.05) is 19.1 Å². The van der Waals surface area contributed by atoms with Crippen LogP contribution in [0.25, 0.3) is 0 Å². The molecule has 5 nitrogen and oxygen atoms in total. The predicted molar refractivity (Wildman–Crippen MR) is 65.1 cm³/mol. The van der Waals surface area contributed by atoms with E-state index in [1.54, 1.807) is 6.20 Å². The van der Waals surface area contributed by atoms with E-state index >= 15 is 0 Å². The van der Waals surface area contributed by atoms with E-state index < -0.39 is 0 Å². The van der Waals surface area contributed by atoms with Crippen molar-refractivity contribution < 1.29 is 14.3 Å². The standard InChI is InChI=1S/C12H18N2O3/c1-3-9-17-10-5-4-7-13-12(10)14-8-6-11(15)16-2/h4-5,7H,3,6,8-9H2,1-2H3,(H,13,14). The number of nitrogens with one attached hydrogen (secondary N) is 1. The summed E-state index contributed by atoms with van der Waals surface area (Å²) < 4.78 is 10.1. The molecule has 0 aromatic carbocycles. The lowest BCUT2D eigenvalue weighted by atomic mass is 10.4. The van der Waals surface area contributed by atoms with Crippen LogP contribution in [0.15, 0.2) is 18.3 Å². The Bertz CT molecular complexity index is 355. The maximum Gasteiger partial charge on any atom is 0.307 e. The second-order valence-corrected chi connectivity index (χ2v) is 3.45. The number of ether oxygens (including phenoxy) is 2. The van der Waals surface area contributed by atoms with Crippen LogP contribution in [0, 0.1) is 0 Å². The molecule has 94 valence electrons. The van der Waals surface area contributed by atoms with Gasteiger partial charge in [0.15, 0.2) is 11.6 Å². The molecule has 5 heteroatoms.